The Hall–Kier alpha value is -3.34. The molecule has 0 aliphatic rings. The van der Waals surface area contributed by atoms with E-state index in [4.69, 9.17) is 27.9 Å². The Morgan fingerprint density at radius 3 is 2.28 bits per heavy atom. The summed E-state index contributed by atoms with van der Waals surface area (Å²) in [6.07, 6.45) is 0. The van der Waals surface area contributed by atoms with Gasteiger partial charge >= 0.3 is 0 Å². The van der Waals surface area contributed by atoms with Gasteiger partial charge in [-0.15, -0.1) is 0 Å². The number of nitro groups is 1. The van der Waals surface area contributed by atoms with E-state index in [0.717, 1.165) is 15.9 Å². The molecule has 0 radical (unpaired) electrons. The highest BCUT2D eigenvalue weighted by Gasteiger charge is 2.32. The van der Waals surface area contributed by atoms with Gasteiger partial charge in [0, 0.05) is 35.3 Å². The van der Waals surface area contributed by atoms with Gasteiger partial charge in [-0.1, -0.05) is 41.4 Å². The normalized spacial score (nSPS) is 11.1. The summed E-state index contributed by atoms with van der Waals surface area (Å²) in [5.41, 5.74) is 0.741. The van der Waals surface area contributed by atoms with Crippen LogP contribution in [0.3, 0.4) is 0 Å². The molecule has 0 aliphatic heterocycles. The number of halogens is 2. The number of ether oxygens (including phenoxy) is 1. The second-order valence-corrected chi connectivity index (χ2v) is 10.6. The number of carbonyl (C=O) groups is 1. The monoisotopic (exact) mass is 551 g/mol. The Morgan fingerprint density at radius 1 is 1.03 bits per heavy atom. The SMILES string of the molecule is COc1ccc(Cl)cc1N(CC(=O)N(C)Cc1ccc(Cl)cc1)S(=O)(=O)c1ccc(C)c([N+](=O)[O-])c1. The standard InChI is InChI=1S/C24H23Cl2N3O6S/c1-16-4-10-20(13-21(16)29(31)32)36(33,34)28(22-12-19(26)9-11-23(22)35-3)15-24(30)27(2)14-17-5-7-18(25)8-6-17/h4-13H,14-15H2,1-3H3. The van der Waals surface area contributed by atoms with Crippen molar-refractivity contribution in [2.75, 3.05) is 25.0 Å². The molecule has 0 bridgehead atoms. The van der Waals surface area contributed by atoms with Gasteiger partial charge in [0.1, 0.15) is 12.3 Å². The first-order valence-corrected chi connectivity index (χ1v) is 12.7. The zero-order chi connectivity index (χ0) is 26.6. The molecule has 0 atom stereocenters. The van der Waals surface area contributed by atoms with E-state index >= 15 is 0 Å². The molecule has 0 saturated heterocycles. The number of anilines is 1. The van der Waals surface area contributed by atoms with Crippen LogP contribution < -0.4 is 9.04 Å². The summed E-state index contributed by atoms with van der Waals surface area (Å²) in [6.45, 7) is 1.10. The molecule has 0 heterocycles. The van der Waals surface area contributed by atoms with Crippen LogP contribution in [0, 0.1) is 17.0 Å². The van der Waals surface area contributed by atoms with Gasteiger partial charge in [-0.05, 0) is 48.9 Å². The van der Waals surface area contributed by atoms with Crippen LogP contribution in [0.15, 0.2) is 65.6 Å². The van der Waals surface area contributed by atoms with E-state index in [0.29, 0.717) is 10.6 Å². The highest BCUT2D eigenvalue weighted by atomic mass is 35.5. The highest BCUT2D eigenvalue weighted by Crippen LogP contribution is 2.36. The van der Waals surface area contributed by atoms with Gasteiger partial charge in [-0.25, -0.2) is 8.42 Å². The molecule has 9 nitrogen and oxygen atoms in total. The lowest BCUT2D eigenvalue weighted by molar-refractivity contribution is -0.385. The Labute approximate surface area is 219 Å². The number of carbonyl (C=O) groups excluding carboxylic acids is 1. The third-order valence-electron chi connectivity index (χ3n) is 5.41. The fourth-order valence-electron chi connectivity index (χ4n) is 3.43. The number of rotatable bonds is 9. The largest absolute Gasteiger partial charge is 0.495 e. The molecule has 3 aromatic rings. The molecule has 12 heteroatoms. The average molecular weight is 552 g/mol. The summed E-state index contributed by atoms with van der Waals surface area (Å²) in [7, 11) is -1.57. The van der Waals surface area contributed by atoms with Crippen LogP contribution in [0.2, 0.25) is 10.0 Å². The van der Waals surface area contributed by atoms with Crippen molar-refractivity contribution < 1.29 is 22.9 Å². The molecular formula is C24H23Cl2N3O6S. The minimum Gasteiger partial charge on any atom is -0.495 e. The molecule has 190 valence electrons. The molecule has 0 N–H and O–H groups in total. The first kappa shape index (κ1) is 27.3. The van der Waals surface area contributed by atoms with E-state index in [1.807, 2.05) is 0 Å². The van der Waals surface area contributed by atoms with Gasteiger partial charge in [0.15, 0.2) is 0 Å². The minimum absolute atomic E-state index is 0.0153. The van der Waals surface area contributed by atoms with Crippen LogP contribution in [0.4, 0.5) is 11.4 Å². The number of nitrogens with zero attached hydrogens (tertiary/aromatic N) is 3. The van der Waals surface area contributed by atoms with Crippen LogP contribution in [0.25, 0.3) is 0 Å². The second kappa shape index (κ2) is 11.2. The molecule has 1 amide bonds. The highest BCUT2D eigenvalue weighted by molar-refractivity contribution is 7.92. The number of aryl methyl sites for hydroxylation is 1. The number of likely N-dealkylation sites (N-methyl/N-ethyl adjacent to an activating group) is 1. The Morgan fingerprint density at radius 2 is 1.67 bits per heavy atom. The van der Waals surface area contributed by atoms with Crippen molar-refractivity contribution in [1.82, 2.24) is 4.90 Å². The van der Waals surface area contributed by atoms with Gasteiger partial charge in [0.05, 0.1) is 22.6 Å². The molecule has 0 aliphatic carbocycles. The topological polar surface area (TPSA) is 110 Å². The van der Waals surface area contributed by atoms with Crippen LogP contribution >= 0.6 is 23.2 Å². The molecule has 0 fully saturated rings. The predicted molar refractivity (Wildman–Crippen MR) is 138 cm³/mol. The maximum absolute atomic E-state index is 13.8. The van der Waals surface area contributed by atoms with E-state index in [9.17, 15) is 23.3 Å². The van der Waals surface area contributed by atoms with E-state index in [1.54, 1.807) is 24.3 Å². The zero-order valence-corrected chi connectivity index (χ0v) is 22.0. The lowest BCUT2D eigenvalue weighted by Crippen LogP contribution is -2.41. The lowest BCUT2D eigenvalue weighted by atomic mass is 10.2. The molecule has 3 rings (SSSR count). The maximum atomic E-state index is 13.8. The minimum atomic E-state index is -4.46. The Balaban J connectivity index is 2.05. The smallest absolute Gasteiger partial charge is 0.273 e. The molecule has 36 heavy (non-hydrogen) atoms. The summed E-state index contributed by atoms with van der Waals surface area (Å²) in [4.78, 5) is 25.0. The van der Waals surface area contributed by atoms with E-state index in [-0.39, 0.29) is 33.6 Å². The molecule has 0 unspecified atom stereocenters. The molecule has 0 aromatic heterocycles. The molecular weight excluding hydrogens is 529 g/mol. The van der Waals surface area contributed by atoms with E-state index in [1.165, 1.54) is 56.3 Å². The van der Waals surface area contributed by atoms with Crippen molar-refractivity contribution in [3.8, 4) is 5.75 Å². The third-order valence-corrected chi connectivity index (χ3v) is 7.66. The second-order valence-electron chi connectivity index (χ2n) is 7.91. The van der Waals surface area contributed by atoms with E-state index < -0.39 is 27.4 Å². The fourth-order valence-corrected chi connectivity index (χ4v) is 5.16. The maximum Gasteiger partial charge on any atom is 0.273 e. The quantitative estimate of drug-likeness (QED) is 0.271. The van der Waals surface area contributed by atoms with Gasteiger partial charge in [0.25, 0.3) is 15.7 Å². The summed E-state index contributed by atoms with van der Waals surface area (Å²) in [5.74, 6) is -0.380. The van der Waals surface area contributed by atoms with Crippen LogP contribution in [0.1, 0.15) is 11.1 Å². The lowest BCUT2D eigenvalue weighted by Gasteiger charge is -2.28. The number of hydrogen-bond acceptors (Lipinski definition) is 6. The van der Waals surface area contributed by atoms with Gasteiger partial charge < -0.3 is 9.64 Å². The number of amides is 1. The number of hydrogen-bond donors (Lipinski definition) is 0. The predicted octanol–water partition coefficient (Wildman–Crippen LogP) is 5.07. The first-order valence-electron chi connectivity index (χ1n) is 10.5. The zero-order valence-electron chi connectivity index (χ0n) is 19.6. The average Bonchev–Trinajstić information content (AvgIpc) is 2.83. The molecule has 3 aromatic carbocycles. The third kappa shape index (κ3) is 6.07. The van der Waals surface area contributed by atoms with Crippen molar-refractivity contribution in [3.05, 3.63) is 92.0 Å². The van der Waals surface area contributed by atoms with E-state index in [2.05, 4.69) is 0 Å². The number of methoxy groups -OCH3 is 1. The van der Waals surface area contributed by atoms with Crippen molar-refractivity contribution in [1.29, 1.82) is 0 Å². The van der Waals surface area contributed by atoms with Crippen molar-refractivity contribution in [2.45, 2.75) is 18.4 Å². The van der Waals surface area contributed by atoms with Crippen LogP contribution in [0.5, 0.6) is 5.75 Å². The van der Waals surface area contributed by atoms with Crippen LogP contribution in [-0.2, 0) is 21.4 Å². The fraction of sp³-hybridized carbons (Fsp3) is 0.208. The van der Waals surface area contributed by atoms with Gasteiger partial charge in [0.2, 0.25) is 5.91 Å². The van der Waals surface area contributed by atoms with Crippen molar-refractivity contribution in [3.63, 3.8) is 0 Å². The first-order chi connectivity index (χ1) is 16.9. The number of benzene rings is 3. The number of sulfonamides is 1. The van der Waals surface area contributed by atoms with Crippen molar-refractivity contribution in [2.24, 2.45) is 0 Å². The number of nitro benzene ring substituents is 1. The Bertz CT molecular complexity index is 1400. The van der Waals surface area contributed by atoms with Crippen molar-refractivity contribution >= 4 is 50.5 Å². The van der Waals surface area contributed by atoms with Gasteiger partial charge in [-0.3, -0.25) is 19.2 Å². The summed E-state index contributed by atoms with van der Waals surface area (Å²) in [6, 6.07) is 14.8. The molecule has 0 saturated carbocycles. The summed E-state index contributed by atoms with van der Waals surface area (Å²) in [5, 5.41) is 12.2. The van der Waals surface area contributed by atoms with Crippen LogP contribution in [-0.4, -0.2) is 44.9 Å². The Kier molecular flexibility index (Phi) is 8.44. The summed E-state index contributed by atoms with van der Waals surface area (Å²) >= 11 is 12.1. The van der Waals surface area contributed by atoms with Gasteiger partial charge in [-0.2, -0.15) is 0 Å². The molecule has 0 spiro atoms. The summed E-state index contributed by atoms with van der Waals surface area (Å²) < 4.78 is 33.7.